The lowest BCUT2D eigenvalue weighted by Gasteiger charge is -2.18. The third kappa shape index (κ3) is 5.60. The number of hydrogen-bond acceptors (Lipinski definition) is 3. The van der Waals surface area contributed by atoms with Crippen LogP contribution in [0.15, 0.2) is 12.1 Å². The Hall–Kier alpha value is -1.09. The summed E-state index contributed by atoms with van der Waals surface area (Å²) in [4.78, 5) is 4.60. The lowest BCUT2D eigenvalue weighted by atomic mass is 10.1. The van der Waals surface area contributed by atoms with E-state index in [1.54, 1.807) is 0 Å². The molecule has 0 amide bonds. The van der Waals surface area contributed by atoms with Gasteiger partial charge in [-0.25, -0.2) is 4.98 Å². The van der Waals surface area contributed by atoms with Crippen LogP contribution < -0.4 is 10.1 Å². The van der Waals surface area contributed by atoms with E-state index in [2.05, 4.69) is 57.1 Å². The maximum absolute atomic E-state index is 5.94. The van der Waals surface area contributed by atoms with Crippen LogP contribution in [0.3, 0.4) is 0 Å². The smallest absolute Gasteiger partial charge is 0.214 e. The van der Waals surface area contributed by atoms with Crippen LogP contribution in [0.4, 0.5) is 0 Å². The van der Waals surface area contributed by atoms with Crippen LogP contribution in [-0.4, -0.2) is 17.6 Å². The standard InChI is InChI=1S/C16H28N2O/c1-6-8-15-9-14(11-17-7-2)10-16(18-15)19-13(5)12(3)4/h9-10,12-13,17H,6-8,11H2,1-5H3. The molecule has 0 saturated carbocycles. The van der Waals surface area contributed by atoms with Gasteiger partial charge in [0, 0.05) is 18.3 Å². The van der Waals surface area contributed by atoms with Crippen molar-refractivity contribution < 1.29 is 4.74 Å². The van der Waals surface area contributed by atoms with Crippen molar-refractivity contribution in [3.05, 3.63) is 23.4 Å². The van der Waals surface area contributed by atoms with Gasteiger partial charge in [-0.3, -0.25) is 0 Å². The van der Waals surface area contributed by atoms with Crippen molar-refractivity contribution in [2.45, 2.75) is 60.1 Å². The number of pyridine rings is 1. The van der Waals surface area contributed by atoms with Crippen LogP contribution in [0.2, 0.25) is 0 Å². The molecule has 19 heavy (non-hydrogen) atoms. The molecule has 1 aromatic heterocycles. The fourth-order valence-electron chi connectivity index (χ4n) is 1.76. The van der Waals surface area contributed by atoms with Crippen molar-refractivity contribution in [1.82, 2.24) is 10.3 Å². The quantitative estimate of drug-likeness (QED) is 0.779. The number of nitrogens with zero attached hydrogens (tertiary/aromatic N) is 1. The molecule has 1 heterocycles. The summed E-state index contributed by atoms with van der Waals surface area (Å²) in [7, 11) is 0. The first kappa shape index (κ1) is 16.0. The Bertz CT molecular complexity index is 377. The molecule has 3 heteroatoms. The Morgan fingerprint density at radius 2 is 1.95 bits per heavy atom. The molecule has 0 aromatic carbocycles. The molecule has 0 spiro atoms. The molecule has 108 valence electrons. The topological polar surface area (TPSA) is 34.1 Å². The predicted octanol–water partition coefficient (Wildman–Crippen LogP) is 3.57. The molecule has 0 fully saturated rings. The summed E-state index contributed by atoms with van der Waals surface area (Å²) >= 11 is 0. The van der Waals surface area contributed by atoms with Crippen LogP contribution in [-0.2, 0) is 13.0 Å². The fourth-order valence-corrected chi connectivity index (χ4v) is 1.76. The first-order valence-electron chi connectivity index (χ1n) is 7.44. The largest absolute Gasteiger partial charge is 0.474 e. The van der Waals surface area contributed by atoms with E-state index in [1.165, 1.54) is 5.56 Å². The van der Waals surface area contributed by atoms with Gasteiger partial charge in [-0.15, -0.1) is 0 Å². The summed E-state index contributed by atoms with van der Waals surface area (Å²) in [5, 5.41) is 3.35. The summed E-state index contributed by atoms with van der Waals surface area (Å²) in [6, 6.07) is 4.24. The van der Waals surface area contributed by atoms with E-state index >= 15 is 0 Å². The fraction of sp³-hybridized carbons (Fsp3) is 0.688. The minimum Gasteiger partial charge on any atom is -0.474 e. The summed E-state index contributed by atoms with van der Waals surface area (Å²) in [6.45, 7) is 12.6. The average Bonchev–Trinajstić information content (AvgIpc) is 2.36. The van der Waals surface area contributed by atoms with Crippen molar-refractivity contribution in [3.8, 4) is 5.88 Å². The van der Waals surface area contributed by atoms with E-state index in [9.17, 15) is 0 Å². The van der Waals surface area contributed by atoms with E-state index in [1.807, 2.05) is 0 Å². The molecule has 0 aliphatic heterocycles. The van der Waals surface area contributed by atoms with E-state index in [0.29, 0.717) is 5.92 Å². The molecule has 1 N–H and O–H groups in total. The van der Waals surface area contributed by atoms with Crippen molar-refractivity contribution in [1.29, 1.82) is 0 Å². The Labute approximate surface area is 117 Å². The number of aromatic nitrogens is 1. The second kappa shape index (κ2) is 8.16. The lowest BCUT2D eigenvalue weighted by Crippen LogP contribution is -2.20. The van der Waals surface area contributed by atoms with Gasteiger partial charge in [0.2, 0.25) is 5.88 Å². The van der Waals surface area contributed by atoms with Gasteiger partial charge in [0.05, 0.1) is 6.10 Å². The second-order valence-electron chi connectivity index (χ2n) is 5.40. The summed E-state index contributed by atoms with van der Waals surface area (Å²) in [5.74, 6) is 1.26. The van der Waals surface area contributed by atoms with Gasteiger partial charge >= 0.3 is 0 Å². The number of nitrogens with one attached hydrogen (secondary N) is 1. The molecule has 1 aromatic rings. The van der Waals surface area contributed by atoms with Crippen molar-refractivity contribution in [2.75, 3.05) is 6.54 Å². The minimum absolute atomic E-state index is 0.191. The molecule has 0 radical (unpaired) electrons. The van der Waals surface area contributed by atoms with Gasteiger partial charge in [0.25, 0.3) is 0 Å². The first-order chi connectivity index (χ1) is 9.06. The Kier molecular flexibility index (Phi) is 6.85. The lowest BCUT2D eigenvalue weighted by molar-refractivity contribution is 0.163. The second-order valence-corrected chi connectivity index (χ2v) is 5.40. The normalized spacial score (nSPS) is 12.7. The van der Waals surface area contributed by atoms with Gasteiger partial charge in [0.15, 0.2) is 0 Å². The molecule has 1 unspecified atom stereocenters. The maximum Gasteiger partial charge on any atom is 0.214 e. The number of aryl methyl sites for hydroxylation is 1. The van der Waals surface area contributed by atoms with Crippen LogP contribution in [0, 0.1) is 5.92 Å². The predicted molar refractivity (Wildman–Crippen MR) is 80.5 cm³/mol. The van der Waals surface area contributed by atoms with Gasteiger partial charge in [-0.05, 0) is 37.4 Å². The molecule has 0 bridgehead atoms. The van der Waals surface area contributed by atoms with Crippen LogP contribution >= 0.6 is 0 Å². The Balaban J connectivity index is 2.85. The van der Waals surface area contributed by atoms with Gasteiger partial charge in [-0.2, -0.15) is 0 Å². The third-order valence-electron chi connectivity index (χ3n) is 3.25. The highest BCUT2D eigenvalue weighted by molar-refractivity contribution is 5.25. The zero-order valence-electron chi connectivity index (χ0n) is 13.0. The average molecular weight is 264 g/mol. The van der Waals surface area contributed by atoms with Gasteiger partial charge in [-0.1, -0.05) is 34.1 Å². The van der Waals surface area contributed by atoms with E-state index < -0.39 is 0 Å². The van der Waals surface area contributed by atoms with Crippen LogP contribution in [0.25, 0.3) is 0 Å². The molecule has 3 nitrogen and oxygen atoms in total. The van der Waals surface area contributed by atoms with Crippen LogP contribution in [0.5, 0.6) is 5.88 Å². The highest BCUT2D eigenvalue weighted by atomic mass is 16.5. The molecule has 1 atom stereocenters. The molecule has 0 aliphatic rings. The van der Waals surface area contributed by atoms with Gasteiger partial charge < -0.3 is 10.1 Å². The molecule has 0 aliphatic carbocycles. The first-order valence-corrected chi connectivity index (χ1v) is 7.44. The summed E-state index contributed by atoms with van der Waals surface area (Å²) in [5.41, 5.74) is 2.38. The number of ether oxygens (including phenoxy) is 1. The molecular formula is C16H28N2O. The van der Waals surface area contributed by atoms with Crippen molar-refractivity contribution in [3.63, 3.8) is 0 Å². The third-order valence-corrected chi connectivity index (χ3v) is 3.25. The SMILES string of the molecule is CCCc1cc(CNCC)cc(OC(C)C(C)C)n1. The van der Waals surface area contributed by atoms with E-state index in [0.717, 1.165) is 37.5 Å². The van der Waals surface area contributed by atoms with Crippen molar-refractivity contribution in [2.24, 2.45) is 5.92 Å². The molecule has 1 rings (SSSR count). The maximum atomic E-state index is 5.94. The van der Waals surface area contributed by atoms with Crippen molar-refractivity contribution >= 4 is 0 Å². The van der Waals surface area contributed by atoms with Gasteiger partial charge in [0.1, 0.15) is 0 Å². The zero-order valence-corrected chi connectivity index (χ0v) is 13.0. The molecule has 0 saturated heterocycles. The summed E-state index contributed by atoms with van der Waals surface area (Å²) < 4.78 is 5.94. The Morgan fingerprint density at radius 3 is 2.53 bits per heavy atom. The number of rotatable bonds is 8. The zero-order chi connectivity index (χ0) is 14.3. The summed E-state index contributed by atoms with van der Waals surface area (Å²) in [6.07, 6.45) is 2.31. The minimum atomic E-state index is 0.191. The van der Waals surface area contributed by atoms with E-state index in [4.69, 9.17) is 4.74 Å². The van der Waals surface area contributed by atoms with Crippen LogP contribution in [0.1, 0.15) is 52.3 Å². The van der Waals surface area contributed by atoms with E-state index in [-0.39, 0.29) is 6.10 Å². The monoisotopic (exact) mass is 264 g/mol. The number of hydrogen-bond donors (Lipinski definition) is 1. The highest BCUT2D eigenvalue weighted by Gasteiger charge is 2.11. The molecular weight excluding hydrogens is 236 g/mol. The Morgan fingerprint density at radius 1 is 1.21 bits per heavy atom. The highest BCUT2D eigenvalue weighted by Crippen LogP contribution is 2.17.